The van der Waals surface area contributed by atoms with Crippen molar-refractivity contribution in [2.75, 3.05) is 6.54 Å². The van der Waals surface area contributed by atoms with E-state index in [1.54, 1.807) is 0 Å². The van der Waals surface area contributed by atoms with Gasteiger partial charge >= 0.3 is 5.97 Å². The number of hydrogen-bond donors (Lipinski definition) is 3. The zero-order chi connectivity index (χ0) is 13.5. The Kier molecular flexibility index (Phi) is 6.12. The summed E-state index contributed by atoms with van der Waals surface area (Å²) in [5.74, 6) is -1.09. The molecule has 104 valence electrons. The fraction of sp³-hybridized carbons (Fsp3) is 0.846. The SMILES string of the molecule is CCCC[C@H](NC(=O)C1CCNC(C)C1)C(=O)O. The van der Waals surface area contributed by atoms with Crippen molar-refractivity contribution in [3.8, 4) is 0 Å². The summed E-state index contributed by atoms with van der Waals surface area (Å²) in [6, 6.07) is -0.406. The topological polar surface area (TPSA) is 78.4 Å². The van der Waals surface area contributed by atoms with Gasteiger partial charge in [0.05, 0.1) is 0 Å². The molecule has 0 aromatic rings. The second-order valence-corrected chi connectivity index (χ2v) is 5.12. The van der Waals surface area contributed by atoms with Crippen LogP contribution in [-0.4, -0.2) is 35.6 Å². The number of rotatable bonds is 6. The Bertz CT molecular complexity index is 294. The van der Waals surface area contributed by atoms with Crippen molar-refractivity contribution >= 4 is 11.9 Å². The molecule has 0 aliphatic carbocycles. The van der Waals surface area contributed by atoms with E-state index in [4.69, 9.17) is 5.11 Å². The summed E-state index contributed by atoms with van der Waals surface area (Å²) in [7, 11) is 0. The number of carbonyl (C=O) groups excluding carboxylic acids is 1. The van der Waals surface area contributed by atoms with Crippen LogP contribution in [0.15, 0.2) is 0 Å². The molecule has 0 bridgehead atoms. The fourth-order valence-corrected chi connectivity index (χ4v) is 2.33. The molecule has 18 heavy (non-hydrogen) atoms. The first-order chi connectivity index (χ1) is 8.54. The number of carbonyl (C=O) groups is 2. The average molecular weight is 256 g/mol. The van der Waals surface area contributed by atoms with Gasteiger partial charge in [0, 0.05) is 12.0 Å². The standard InChI is InChI=1S/C13H24N2O3/c1-3-4-5-11(13(17)18)15-12(16)10-6-7-14-9(2)8-10/h9-11,14H,3-8H2,1-2H3,(H,15,16)(H,17,18)/t9?,10?,11-/m0/s1. The van der Waals surface area contributed by atoms with E-state index in [-0.39, 0.29) is 11.8 Å². The highest BCUT2D eigenvalue weighted by Crippen LogP contribution is 2.16. The minimum Gasteiger partial charge on any atom is -0.480 e. The summed E-state index contributed by atoms with van der Waals surface area (Å²) in [5, 5.41) is 15.0. The molecule has 3 N–H and O–H groups in total. The highest BCUT2D eigenvalue weighted by Gasteiger charge is 2.28. The van der Waals surface area contributed by atoms with Crippen molar-refractivity contribution in [1.82, 2.24) is 10.6 Å². The summed E-state index contributed by atoms with van der Waals surface area (Å²) in [6.45, 7) is 4.88. The lowest BCUT2D eigenvalue weighted by atomic mass is 9.92. The van der Waals surface area contributed by atoms with Crippen LogP contribution in [0.5, 0.6) is 0 Å². The Labute approximate surface area is 108 Å². The highest BCUT2D eigenvalue weighted by molar-refractivity contribution is 5.85. The van der Waals surface area contributed by atoms with Gasteiger partial charge in [0.25, 0.3) is 0 Å². The van der Waals surface area contributed by atoms with Crippen molar-refractivity contribution in [3.63, 3.8) is 0 Å². The zero-order valence-corrected chi connectivity index (χ0v) is 11.2. The van der Waals surface area contributed by atoms with Crippen LogP contribution in [-0.2, 0) is 9.59 Å². The number of piperidine rings is 1. The van der Waals surface area contributed by atoms with Gasteiger partial charge in [-0.3, -0.25) is 4.79 Å². The first kappa shape index (κ1) is 15.0. The number of carboxylic acids is 1. The lowest BCUT2D eigenvalue weighted by Gasteiger charge is -2.28. The molecule has 0 aromatic heterocycles. The van der Waals surface area contributed by atoms with Crippen LogP contribution in [0.3, 0.4) is 0 Å². The number of amides is 1. The maximum Gasteiger partial charge on any atom is 0.326 e. The zero-order valence-electron chi connectivity index (χ0n) is 11.2. The first-order valence-corrected chi connectivity index (χ1v) is 6.81. The van der Waals surface area contributed by atoms with Crippen LogP contribution in [0, 0.1) is 5.92 Å². The van der Waals surface area contributed by atoms with E-state index in [9.17, 15) is 9.59 Å². The van der Waals surface area contributed by atoms with Crippen molar-refractivity contribution in [1.29, 1.82) is 0 Å². The van der Waals surface area contributed by atoms with Gasteiger partial charge in [-0.25, -0.2) is 4.79 Å². The van der Waals surface area contributed by atoms with Gasteiger partial charge in [0.15, 0.2) is 0 Å². The molecule has 3 atom stereocenters. The van der Waals surface area contributed by atoms with Gasteiger partial charge < -0.3 is 15.7 Å². The third kappa shape index (κ3) is 4.64. The minimum absolute atomic E-state index is 0.0512. The Morgan fingerprint density at radius 2 is 2.22 bits per heavy atom. The van der Waals surface area contributed by atoms with Gasteiger partial charge in [-0.05, 0) is 32.7 Å². The highest BCUT2D eigenvalue weighted by atomic mass is 16.4. The van der Waals surface area contributed by atoms with E-state index >= 15 is 0 Å². The molecular weight excluding hydrogens is 232 g/mol. The van der Waals surface area contributed by atoms with Crippen molar-refractivity contribution in [2.45, 2.75) is 58.0 Å². The fourth-order valence-electron chi connectivity index (χ4n) is 2.33. The molecular formula is C13H24N2O3. The molecule has 5 nitrogen and oxygen atoms in total. The summed E-state index contributed by atoms with van der Waals surface area (Å²) in [5.41, 5.74) is 0. The van der Waals surface area contributed by atoms with Crippen LogP contribution in [0.2, 0.25) is 0 Å². The van der Waals surface area contributed by atoms with E-state index < -0.39 is 12.0 Å². The molecule has 0 spiro atoms. The van der Waals surface area contributed by atoms with Crippen LogP contribution in [0.1, 0.15) is 46.0 Å². The van der Waals surface area contributed by atoms with Crippen LogP contribution in [0.25, 0.3) is 0 Å². The van der Waals surface area contributed by atoms with E-state index in [2.05, 4.69) is 10.6 Å². The Balaban J connectivity index is 2.46. The van der Waals surface area contributed by atoms with E-state index in [1.807, 2.05) is 13.8 Å². The molecule has 2 unspecified atom stereocenters. The predicted molar refractivity (Wildman–Crippen MR) is 69.3 cm³/mol. The largest absolute Gasteiger partial charge is 0.480 e. The minimum atomic E-state index is -0.932. The van der Waals surface area contributed by atoms with Gasteiger partial charge in [-0.2, -0.15) is 0 Å². The first-order valence-electron chi connectivity index (χ1n) is 6.81. The molecule has 1 heterocycles. The molecule has 1 aliphatic heterocycles. The summed E-state index contributed by atoms with van der Waals surface area (Å²) < 4.78 is 0. The molecule has 5 heteroatoms. The Morgan fingerprint density at radius 3 is 2.78 bits per heavy atom. The van der Waals surface area contributed by atoms with Crippen LogP contribution in [0.4, 0.5) is 0 Å². The monoisotopic (exact) mass is 256 g/mol. The van der Waals surface area contributed by atoms with Gasteiger partial charge in [0.2, 0.25) is 5.91 Å². The molecule has 0 aromatic carbocycles. The quantitative estimate of drug-likeness (QED) is 0.666. The van der Waals surface area contributed by atoms with Crippen molar-refractivity contribution in [2.24, 2.45) is 5.92 Å². The van der Waals surface area contributed by atoms with Crippen LogP contribution < -0.4 is 10.6 Å². The molecule has 1 rings (SSSR count). The number of aliphatic carboxylic acids is 1. The van der Waals surface area contributed by atoms with Gasteiger partial charge in [0.1, 0.15) is 6.04 Å². The molecule has 0 saturated carbocycles. The van der Waals surface area contributed by atoms with Crippen molar-refractivity contribution < 1.29 is 14.7 Å². The molecule has 1 saturated heterocycles. The van der Waals surface area contributed by atoms with E-state index in [1.165, 1.54) is 0 Å². The second-order valence-electron chi connectivity index (χ2n) is 5.12. The van der Waals surface area contributed by atoms with Crippen LogP contribution >= 0.6 is 0 Å². The lowest BCUT2D eigenvalue weighted by molar-refractivity contribution is -0.142. The number of hydrogen-bond acceptors (Lipinski definition) is 3. The normalized spacial score (nSPS) is 25.4. The molecule has 0 radical (unpaired) electrons. The third-order valence-electron chi connectivity index (χ3n) is 3.46. The van der Waals surface area contributed by atoms with E-state index in [0.717, 1.165) is 32.2 Å². The summed E-state index contributed by atoms with van der Waals surface area (Å²) in [4.78, 5) is 23.1. The maximum absolute atomic E-state index is 12.0. The third-order valence-corrected chi connectivity index (χ3v) is 3.46. The van der Waals surface area contributed by atoms with E-state index in [0.29, 0.717) is 12.5 Å². The second kappa shape index (κ2) is 7.36. The summed E-state index contributed by atoms with van der Waals surface area (Å²) in [6.07, 6.45) is 3.84. The number of unbranched alkanes of at least 4 members (excludes halogenated alkanes) is 1. The molecule has 1 amide bonds. The predicted octanol–water partition coefficient (Wildman–Crippen LogP) is 1.13. The average Bonchev–Trinajstić information content (AvgIpc) is 2.33. The van der Waals surface area contributed by atoms with Gasteiger partial charge in [-0.15, -0.1) is 0 Å². The smallest absolute Gasteiger partial charge is 0.326 e. The van der Waals surface area contributed by atoms with Gasteiger partial charge in [-0.1, -0.05) is 19.8 Å². The summed E-state index contributed by atoms with van der Waals surface area (Å²) >= 11 is 0. The Morgan fingerprint density at radius 1 is 1.50 bits per heavy atom. The maximum atomic E-state index is 12.0. The molecule has 1 aliphatic rings. The van der Waals surface area contributed by atoms with Crippen molar-refractivity contribution in [3.05, 3.63) is 0 Å². The Hall–Kier alpha value is -1.10. The lowest BCUT2D eigenvalue weighted by Crippen LogP contribution is -2.47. The molecule has 1 fully saturated rings. The number of carboxylic acid groups (broad SMARTS) is 1. The number of nitrogens with one attached hydrogen (secondary N) is 2.